The smallest absolute Gasteiger partial charge is 0.0957 e. The van der Waals surface area contributed by atoms with Crippen molar-refractivity contribution in [2.24, 2.45) is 0 Å². The van der Waals surface area contributed by atoms with E-state index in [-0.39, 0.29) is 0 Å². The van der Waals surface area contributed by atoms with Crippen LogP contribution in [-0.4, -0.2) is 36.9 Å². The van der Waals surface area contributed by atoms with E-state index in [2.05, 4.69) is 43.1 Å². The lowest BCUT2D eigenvalue weighted by molar-refractivity contribution is 0.405. The Morgan fingerprint density at radius 3 is 1.87 bits per heavy atom. The third-order valence-electron chi connectivity index (χ3n) is 5.91. The van der Waals surface area contributed by atoms with Crippen molar-refractivity contribution in [3.8, 4) is 0 Å². The molecule has 3 nitrogen and oxygen atoms in total. The molecule has 0 spiro atoms. The molecular weight excluding hydrogens is 366 g/mol. The van der Waals surface area contributed by atoms with E-state index in [1.165, 1.54) is 83.5 Å². The number of hydrogen-bond donors (Lipinski definition) is 2. The first kappa shape index (κ1) is 29.2. The maximum atomic E-state index is 8.40. The molecule has 30 heavy (non-hydrogen) atoms. The first-order valence-corrected chi connectivity index (χ1v) is 13.4. The van der Waals surface area contributed by atoms with Gasteiger partial charge in [-0.3, -0.25) is 5.41 Å². The molecule has 0 radical (unpaired) electrons. The van der Waals surface area contributed by atoms with E-state index in [9.17, 15) is 0 Å². The summed E-state index contributed by atoms with van der Waals surface area (Å²) in [5.74, 6) is 0.859. The topological polar surface area (TPSA) is 39.1 Å². The molecule has 0 heterocycles. The summed E-state index contributed by atoms with van der Waals surface area (Å²) < 4.78 is 0. The van der Waals surface area contributed by atoms with Gasteiger partial charge in [0.25, 0.3) is 0 Å². The molecule has 2 N–H and O–H groups in total. The van der Waals surface area contributed by atoms with Gasteiger partial charge in [-0.15, -0.1) is 0 Å². The molecule has 0 amide bonds. The fourth-order valence-corrected chi connectivity index (χ4v) is 3.89. The van der Waals surface area contributed by atoms with Gasteiger partial charge >= 0.3 is 0 Å². The van der Waals surface area contributed by atoms with Crippen molar-refractivity contribution in [1.82, 2.24) is 10.2 Å². The minimum Gasteiger partial charge on any atom is -0.361 e. The van der Waals surface area contributed by atoms with Gasteiger partial charge in [0.2, 0.25) is 0 Å². The molecular formula is C27H55N3. The molecule has 0 saturated carbocycles. The van der Waals surface area contributed by atoms with Crippen LogP contribution in [0.4, 0.5) is 0 Å². The zero-order chi connectivity index (χ0) is 22.1. The SMILES string of the molecule is CCCCCCCCCCCCCN(CC)C(=N)CCCCC=CCCNCCC. The first-order valence-electron chi connectivity index (χ1n) is 13.4. The fraction of sp³-hybridized carbons (Fsp3) is 0.889. The van der Waals surface area contributed by atoms with Crippen molar-refractivity contribution in [2.45, 2.75) is 130 Å². The van der Waals surface area contributed by atoms with Crippen molar-refractivity contribution in [1.29, 1.82) is 5.41 Å². The lowest BCUT2D eigenvalue weighted by Crippen LogP contribution is -2.31. The van der Waals surface area contributed by atoms with Crippen molar-refractivity contribution >= 4 is 5.84 Å². The summed E-state index contributed by atoms with van der Waals surface area (Å²) in [6.45, 7) is 11.0. The molecule has 0 aromatic carbocycles. The number of hydrogen-bond acceptors (Lipinski definition) is 2. The van der Waals surface area contributed by atoms with E-state index in [1.54, 1.807) is 0 Å². The van der Waals surface area contributed by atoms with Crippen LogP contribution in [0.1, 0.15) is 130 Å². The van der Waals surface area contributed by atoms with Crippen molar-refractivity contribution < 1.29 is 0 Å². The molecule has 0 fully saturated rings. The van der Waals surface area contributed by atoms with Crippen LogP contribution >= 0.6 is 0 Å². The van der Waals surface area contributed by atoms with E-state index < -0.39 is 0 Å². The highest BCUT2D eigenvalue weighted by atomic mass is 15.2. The normalized spacial score (nSPS) is 11.4. The Balaban J connectivity index is 3.53. The average Bonchev–Trinajstić information content (AvgIpc) is 2.75. The van der Waals surface area contributed by atoms with Gasteiger partial charge in [-0.05, 0) is 58.5 Å². The quantitative estimate of drug-likeness (QED) is 0.0757. The highest BCUT2D eigenvalue weighted by Gasteiger charge is 2.06. The second kappa shape index (κ2) is 24.4. The van der Waals surface area contributed by atoms with Gasteiger partial charge in [0.1, 0.15) is 0 Å². The summed E-state index contributed by atoms with van der Waals surface area (Å²) in [4.78, 5) is 2.29. The summed E-state index contributed by atoms with van der Waals surface area (Å²) in [6, 6.07) is 0. The van der Waals surface area contributed by atoms with Gasteiger partial charge < -0.3 is 10.2 Å². The van der Waals surface area contributed by atoms with Crippen molar-refractivity contribution in [3.63, 3.8) is 0 Å². The number of nitrogens with zero attached hydrogens (tertiary/aromatic N) is 1. The highest BCUT2D eigenvalue weighted by molar-refractivity contribution is 5.79. The van der Waals surface area contributed by atoms with E-state index >= 15 is 0 Å². The number of unbranched alkanes of at least 4 members (excludes halogenated alkanes) is 12. The summed E-state index contributed by atoms with van der Waals surface area (Å²) in [5, 5.41) is 11.8. The maximum absolute atomic E-state index is 8.40. The minimum atomic E-state index is 0.859. The van der Waals surface area contributed by atoms with Crippen LogP contribution in [0.3, 0.4) is 0 Å². The molecule has 0 unspecified atom stereocenters. The van der Waals surface area contributed by atoms with Gasteiger partial charge in [0.15, 0.2) is 0 Å². The van der Waals surface area contributed by atoms with E-state index in [1.807, 2.05) is 0 Å². The van der Waals surface area contributed by atoms with Crippen LogP contribution in [0.15, 0.2) is 12.2 Å². The van der Waals surface area contributed by atoms with E-state index in [0.717, 1.165) is 57.7 Å². The van der Waals surface area contributed by atoms with E-state index in [4.69, 9.17) is 5.41 Å². The molecule has 3 heteroatoms. The Bertz CT molecular complexity index is 378. The standard InChI is InChI=1S/C27H55N3/c1-4-7-8-9-10-11-12-13-16-19-22-26-30(6-3)27(28)23-20-17-14-15-18-21-25-29-24-5-2/h15,18,28-29H,4-14,16-17,19-26H2,1-3H3. The lowest BCUT2D eigenvalue weighted by atomic mass is 10.1. The third kappa shape index (κ3) is 20.4. The largest absolute Gasteiger partial charge is 0.361 e. The average molecular weight is 422 g/mol. The Kier molecular flexibility index (Phi) is 23.8. The first-order chi connectivity index (χ1) is 14.8. The zero-order valence-electron chi connectivity index (χ0n) is 21.0. The van der Waals surface area contributed by atoms with E-state index in [0.29, 0.717) is 0 Å². The second-order valence-electron chi connectivity index (χ2n) is 8.82. The summed E-state index contributed by atoms with van der Waals surface area (Å²) >= 11 is 0. The van der Waals surface area contributed by atoms with Crippen molar-refractivity contribution in [3.05, 3.63) is 12.2 Å². The Labute approximate surface area is 190 Å². The molecule has 0 bridgehead atoms. The van der Waals surface area contributed by atoms with Crippen LogP contribution in [0, 0.1) is 5.41 Å². The van der Waals surface area contributed by atoms with Gasteiger partial charge in [-0.2, -0.15) is 0 Å². The van der Waals surface area contributed by atoms with Crippen molar-refractivity contribution in [2.75, 3.05) is 26.2 Å². The van der Waals surface area contributed by atoms with Crippen LogP contribution < -0.4 is 5.32 Å². The Morgan fingerprint density at radius 1 is 0.667 bits per heavy atom. The fourth-order valence-electron chi connectivity index (χ4n) is 3.89. The van der Waals surface area contributed by atoms with Crippen LogP contribution in [0.25, 0.3) is 0 Å². The third-order valence-corrected chi connectivity index (χ3v) is 5.91. The van der Waals surface area contributed by atoms with Crippen LogP contribution in [-0.2, 0) is 0 Å². The Hall–Kier alpha value is -0.830. The molecule has 178 valence electrons. The summed E-state index contributed by atoms with van der Waals surface area (Å²) in [7, 11) is 0. The molecule has 0 aromatic heterocycles. The molecule has 0 atom stereocenters. The lowest BCUT2D eigenvalue weighted by Gasteiger charge is -2.23. The molecule has 0 saturated heterocycles. The minimum absolute atomic E-state index is 0.859. The van der Waals surface area contributed by atoms with Gasteiger partial charge in [0, 0.05) is 19.5 Å². The van der Waals surface area contributed by atoms with Crippen LogP contribution in [0.5, 0.6) is 0 Å². The predicted octanol–water partition coefficient (Wildman–Crippen LogP) is 8.10. The Morgan fingerprint density at radius 2 is 1.27 bits per heavy atom. The van der Waals surface area contributed by atoms with Gasteiger partial charge in [-0.25, -0.2) is 0 Å². The summed E-state index contributed by atoms with van der Waals surface area (Å²) in [5.41, 5.74) is 0. The summed E-state index contributed by atoms with van der Waals surface area (Å²) in [6.07, 6.45) is 26.7. The van der Waals surface area contributed by atoms with Crippen LogP contribution in [0.2, 0.25) is 0 Å². The molecule has 0 rings (SSSR count). The van der Waals surface area contributed by atoms with Gasteiger partial charge in [0.05, 0.1) is 5.84 Å². The molecule has 0 aromatic rings. The molecule has 0 aliphatic heterocycles. The molecule has 0 aliphatic rings. The number of amidine groups is 1. The maximum Gasteiger partial charge on any atom is 0.0957 e. The highest BCUT2D eigenvalue weighted by Crippen LogP contribution is 2.12. The monoisotopic (exact) mass is 421 g/mol. The molecule has 0 aliphatic carbocycles. The second-order valence-corrected chi connectivity index (χ2v) is 8.82. The predicted molar refractivity (Wildman–Crippen MR) is 137 cm³/mol. The number of rotatable bonds is 23. The number of nitrogens with one attached hydrogen (secondary N) is 2. The van der Waals surface area contributed by atoms with Gasteiger partial charge in [-0.1, -0.05) is 90.2 Å². The number of allylic oxidation sites excluding steroid dienone is 1. The zero-order valence-corrected chi connectivity index (χ0v) is 21.0.